The third kappa shape index (κ3) is 4.48. The molecule has 0 radical (unpaired) electrons. The highest BCUT2D eigenvalue weighted by Gasteiger charge is 2.18. The number of hydrogen-bond acceptors (Lipinski definition) is 5. The summed E-state index contributed by atoms with van der Waals surface area (Å²) in [5, 5.41) is 9.01. The number of hydrogen-bond donors (Lipinski definition) is 0. The van der Waals surface area contributed by atoms with Crippen molar-refractivity contribution in [1.29, 1.82) is 5.26 Å². The molecule has 0 saturated heterocycles. The van der Waals surface area contributed by atoms with Crippen molar-refractivity contribution in [2.75, 3.05) is 7.11 Å². The SMILES string of the molecule is COc1cccc(COC(=O)C(C)Oc2ccccc2C#N)c1. The van der Waals surface area contributed by atoms with Crippen molar-refractivity contribution < 1.29 is 19.0 Å². The summed E-state index contributed by atoms with van der Waals surface area (Å²) in [5.74, 6) is 0.562. The first kappa shape index (κ1) is 16.4. The van der Waals surface area contributed by atoms with Crippen LogP contribution in [0.5, 0.6) is 11.5 Å². The fourth-order valence-electron chi connectivity index (χ4n) is 1.93. The second-order valence-corrected chi connectivity index (χ2v) is 4.83. The van der Waals surface area contributed by atoms with Crippen molar-refractivity contribution in [3.8, 4) is 17.6 Å². The number of nitriles is 1. The molecular formula is C18H17NO4. The second kappa shape index (κ2) is 7.85. The molecule has 0 aliphatic carbocycles. The Morgan fingerprint density at radius 2 is 2.00 bits per heavy atom. The van der Waals surface area contributed by atoms with Gasteiger partial charge >= 0.3 is 5.97 Å². The smallest absolute Gasteiger partial charge is 0.347 e. The Labute approximate surface area is 135 Å². The van der Waals surface area contributed by atoms with Gasteiger partial charge in [0.25, 0.3) is 0 Å². The Hall–Kier alpha value is -3.00. The number of carbonyl (C=O) groups excluding carboxylic acids is 1. The van der Waals surface area contributed by atoms with E-state index in [1.54, 1.807) is 44.4 Å². The zero-order valence-electron chi connectivity index (χ0n) is 13.0. The van der Waals surface area contributed by atoms with Crippen LogP contribution in [0.25, 0.3) is 0 Å². The van der Waals surface area contributed by atoms with Gasteiger partial charge in [0.05, 0.1) is 12.7 Å². The Kier molecular flexibility index (Phi) is 5.59. The Bertz CT molecular complexity index is 721. The summed E-state index contributed by atoms with van der Waals surface area (Å²) in [6.45, 7) is 1.71. The van der Waals surface area contributed by atoms with Crippen LogP contribution in [0.1, 0.15) is 18.1 Å². The summed E-state index contributed by atoms with van der Waals surface area (Å²) in [4.78, 5) is 12.0. The average molecular weight is 311 g/mol. The minimum absolute atomic E-state index is 0.129. The fourth-order valence-corrected chi connectivity index (χ4v) is 1.93. The summed E-state index contributed by atoms with van der Waals surface area (Å²) < 4.78 is 15.9. The second-order valence-electron chi connectivity index (χ2n) is 4.83. The van der Waals surface area contributed by atoms with Crippen LogP contribution >= 0.6 is 0 Å². The highest BCUT2D eigenvalue weighted by Crippen LogP contribution is 2.19. The van der Waals surface area contributed by atoms with Crippen molar-refractivity contribution in [2.45, 2.75) is 19.6 Å². The van der Waals surface area contributed by atoms with E-state index in [9.17, 15) is 4.79 Å². The van der Waals surface area contributed by atoms with E-state index in [0.717, 1.165) is 5.56 Å². The van der Waals surface area contributed by atoms with Crippen LogP contribution < -0.4 is 9.47 Å². The normalized spacial score (nSPS) is 11.2. The van der Waals surface area contributed by atoms with Gasteiger partial charge in [-0.3, -0.25) is 0 Å². The van der Waals surface area contributed by atoms with Crippen molar-refractivity contribution in [3.05, 3.63) is 59.7 Å². The molecule has 0 heterocycles. The van der Waals surface area contributed by atoms with Crippen LogP contribution in [0.15, 0.2) is 48.5 Å². The summed E-state index contributed by atoms with van der Waals surface area (Å²) in [6.07, 6.45) is -0.810. The summed E-state index contributed by atoms with van der Waals surface area (Å²) >= 11 is 0. The lowest BCUT2D eigenvalue weighted by Crippen LogP contribution is -2.26. The molecule has 0 bridgehead atoms. The minimum Gasteiger partial charge on any atom is -0.497 e. The highest BCUT2D eigenvalue weighted by molar-refractivity contribution is 5.74. The van der Waals surface area contributed by atoms with Crippen molar-refractivity contribution in [2.24, 2.45) is 0 Å². The van der Waals surface area contributed by atoms with E-state index in [2.05, 4.69) is 0 Å². The van der Waals surface area contributed by atoms with Crippen molar-refractivity contribution in [3.63, 3.8) is 0 Å². The molecule has 0 amide bonds. The van der Waals surface area contributed by atoms with Crippen LogP contribution in [0.2, 0.25) is 0 Å². The van der Waals surface area contributed by atoms with Gasteiger partial charge in [-0.15, -0.1) is 0 Å². The predicted molar refractivity (Wildman–Crippen MR) is 84.0 cm³/mol. The molecule has 0 aliphatic rings. The van der Waals surface area contributed by atoms with E-state index in [-0.39, 0.29) is 6.61 Å². The van der Waals surface area contributed by atoms with Gasteiger partial charge < -0.3 is 14.2 Å². The Morgan fingerprint density at radius 1 is 1.22 bits per heavy atom. The largest absolute Gasteiger partial charge is 0.497 e. The molecular weight excluding hydrogens is 294 g/mol. The van der Waals surface area contributed by atoms with Gasteiger partial charge in [0.15, 0.2) is 6.10 Å². The number of ether oxygens (including phenoxy) is 3. The van der Waals surface area contributed by atoms with Crippen LogP contribution in [-0.4, -0.2) is 19.2 Å². The van der Waals surface area contributed by atoms with Crippen LogP contribution in [-0.2, 0) is 16.1 Å². The van der Waals surface area contributed by atoms with E-state index in [4.69, 9.17) is 19.5 Å². The minimum atomic E-state index is -0.810. The zero-order chi connectivity index (χ0) is 16.7. The highest BCUT2D eigenvalue weighted by atomic mass is 16.6. The molecule has 2 aromatic carbocycles. The molecule has 0 aliphatic heterocycles. The molecule has 0 fully saturated rings. The third-order valence-corrected chi connectivity index (χ3v) is 3.16. The average Bonchev–Trinajstić information content (AvgIpc) is 2.60. The molecule has 1 unspecified atom stereocenters. The van der Waals surface area contributed by atoms with E-state index < -0.39 is 12.1 Å². The zero-order valence-corrected chi connectivity index (χ0v) is 13.0. The number of para-hydroxylation sites is 1. The van der Waals surface area contributed by atoms with Crippen molar-refractivity contribution in [1.82, 2.24) is 0 Å². The molecule has 118 valence electrons. The van der Waals surface area contributed by atoms with E-state index in [0.29, 0.717) is 17.1 Å². The van der Waals surface area contributed by atoms with Crippen LogP contribution in [0.4, 0.5) is 0 Å². The maximum absolute atomic E-state index is 12.0. The molecule has 2 aromatic rings. The Balaban J connectivity index is 1.93. The first-order valence-electron chi connectivity index (χ1n) is 7.09. The summed E-state index contributed by atoms with van der Waals surface area (Å²) in [6, 6.07) is 16.0. The van der Waals surface area contributed by atoms with Gasteiger partial charge in [-0.2, -0.15) is 5.26 Å². The lowest BCUT2D eigenvalue weighted by molar-refractivity contribution is -0.152. The maximum Gasteiger partial charge on any atom is 0.347 e. The van der Waals surface area contributed by atoms with Gasteiger partial charge in [0.1, 0.15) is 24.2 Å². The number of nitrogens with zero attached hydrogens (tertiary/aromatic N) is 1. The van der Waals surface area contributed by atoms with E-state index in [1.807, 2.05) is 24.3 Å². The van der Waals surface area contributed by atoms with E-state index >= 15 is 0 Å². The number of benzene rings is 2. The molecule has 1 atom stereocenters. The van der Waals surface area contributed by atoms with Gasteiger partial charge in [-0.1, -0.05) is 24.3 Å². The van der Waals surface area contributed by atoms with Crippen molar-refractivity contribution >= 4 is 5.97 Å². The van der Waals surface area contributed by atoms with Gasteiger partial charge in [0.2, 0.25) is 0 Å². The van der Waals surface area contributed by atoms with Gasteiger partial charge in [-0.25, -0.2) is 4.79 Å². The molecule has 23 heavy (non-hydrogen) atoms. The molecule has 5 heteroatoms. The quantitative estimate of drug-likeness (QED) is 0.767. The van der Waals surface area contributed by atoms with E-state index in [1.165, 1.54) is 0 Å². The molecule has 0 N–H and O–H groups in total. The predicted octanol–water partition coefficient (Wildman–Crippen LogP) is 3.08. The first-order chi connectivity index (χ1) is 11.1. The summed E-state index contributed by atoms with van der Waals surface area (Å²) in [5.41, 5.74) is 1.20. The topological polar surface area (TPSA) is 68.6 Å². The number of carbonyl (C=O) groups is 1. The molecule has 2 rings (SSSR count). The lowest BCUT2D eigenvalue weighted by Gasteiger charge is -2.15. The lowest BCUT2D eigenvalue weighted by atomic mass is 10.2. The van der Waals surface area contributed by atoms with Crippen LogP contribution in [0, 0.1) is 11.3 Å². The van der Waals surface area contributed by atoms with Gasteiger partial charge in [-0.05, 0) is 36.8 Å². The van der Waals surface area contributed by atoms with Crippen LogP contribution in [0.3, 0.4) is 0 Å². The molecule has 0 aromatic heterocycles. The number of rotatable bonds is 6. The third-order valence-electron chi connectivity index (χ3n) is 3.16. The molecule has 5 nitrogen and oxygen atoms in total. The standard InChI is InChI=1S/C18H17NO4/c1-13(23-17-9-4-3-7-15(17)11-19)18(20)22-12-14-6-5-8-16(10-14)21-2/h3-10,13H,12H2,1-2H3. The molecule has 0 saturated carbocycles. The monoisotopic (exact) mass is 311 g/mol. The Morgan fingerprint density at radius 3 is 2.74 bits per heavy atom. The fraction of sp³-hybridized carbons (Fsp3) is 0.222. The molecule has 0 spiro atoms. The van der Waals surface area contributed by atoms with Gasteiger partial charge in [0, 0.05) is 0 Å². The number of esters is 1. The maximum atomic E-state index is 12.0. The number of methoxy groups -OCH3 is 1. The first-order valence-corrected chi connectivity index (χ1v) is 7.09. The summed E-state index contributed by atoms with van der Waals surface area (Å²) in [7, 11) is 1.58.